The van der Waals surface area contributed by atoms with E-state index in [1.165, 1.54) is 0 Å². The summed E-state index contributed by atoms with van der Waals surface area (Å²) in [6.45, 7) is 1.16. The van der Waals surface area contributed by atoms with Crippen molar-refractivity contribution < 1.29 is 14.6 Å². The van der Waals surface area contributed by atoms with Crippen LogP contribution in [0.25, 0.3) is 0 Å². The first-order chi connectivity index (χ1) is 12.2. The molecule has 25 heavy (non-hydrogen) atoms. The second-order valence-electron chi connectivity index (χ2n) is 6.47. The average molecular weight is 342 g/mol. The molecule has 1 aromatic carbocycles. The maximum absolute atomic E-state index is 9.63. The van der Waals surface area contributed by atoms with Crippen molar-refractivity contribution in [3.63, 3.8) is 0 Å². The molecule has 0 atom stereocenters. The van der Waals surface area contributed by atoms with Crippen LogP contribution >= 0.6 is 0 Å². The van der Waals surface area contributed by atoms with Gasteiger partial charge in [0.05, 0.1) is 18.9 Å². The molecule has 1 aromatic heterocycles. The zero-order chi connectivity index (χ0) is 17.5. The lowest BCUT2D eigenvalue weighted by molar-refractivity contribution is 0.116. The Morgan fingerprint density at radius 2 is 2.00 bits per heavy atom. The summed E-state index contributed by atoms with van der Waals surface area (Å²) in [5.41, 5.74) is 1.97. The topological polar surface area (TPSA) is 63.6 Å². The summed E-state index contributed by atoms with van der Waals surface area (Å²) < 4.78 is 11.3. The van der Waals surface area contributed by atoms with Crippen molar-refractivity contribution in [2.45, 2.75) is 51.0 Å². The third kappa shape index (κ3) is 5.18. The second-order valence-corrected chi connectivity index (χ2v) is 6.47. The molecule has 5 heteroatoms. The Bertz CT molecular complexity index is 655. The highest BCUT2D eigenvalue weighted by atomic mass is 16.5. The van der Waals surface area contributed by atoms with Crippen molar-refractivity contribution in [2.75, 3.05) is 7.11 Å². The minimum atomic E-state index is -0.132. The predicted octanol–water partition coefficient (Wildman–Crippen LogP) is 3.06. The summed E-state index contributed by atoms with van der Waals surface area (Å²) >= 11 is 0. The van der Waals surface area contributed by atoms with E-state index in [-0.39, 0.29) is 6.10 Å². The lowest BCUT2D eigenvalue weighted by atomic mass is 9.93. The highest BCUT2D eigenvalue weighted by Crippen LogP contribution is 2.26. The van der Waals surface area contributed by atoms with Crippen LogP contribution in [0.15, 0.2) is 42.6 Å². The second kappa shape index (κ2) is 8.83. The summed E-state index contributed by atoms with van der Waals surface area (Å²) in [6, 6.07) is 12.1. The van der Waals surface area contributed by atoms with Crippen molar-refractivity contribution in [1.82, 2.24) is 10.3 Å². The molecule has 2 N–H and O–H groups in total. The van der Waals surface area contributed by atoms with Gasteiger partial charge in [0.15, 0.2) is 0 Å². The molecule has 1 aliphatic carbocycles. The Labute approximate surface area is 149 Å². The normalized spacial score (nSPS) is 20.2. The Balaban J connectivity index is 1.63. The van der Waals surface area contributed by atoms with Gasteiger partial charge in [-0.25, -0.2) is 0 Å². The van der Waals surface area contributed by atoms with Gasteiger partial charge in [0.25, 0.3) is 0 Å². The maximum atomic E-state index is 9.63. The van der Waals surface area contributed by atoms with Crippen LogP contribution < -0.4 is 14.8 Å². The van der Waals surface area contributed by atoms with E-state index in [4.69, 9.17) is 9.47 Å². The fourth-order valence-corrected chi connectivity index (χ4v) is 3.13. The van der Waals surface area contributed by atoms with Crippen molar-refractivity contribution in [1.29, 1.82) is 0 Å². The Morgan fingerprint density at radius 3 is 2.72 bits per heavy atom. The number of benzene rings is 1. The summed E-state index contributed by atoms with van der Waals surface area (Å²) in [7, 11) is 1.67. The zero-order valence-corrected chi connectivity index (χ0v) is 14.6. The largest absolute Gasteiger partial charge is 0.497 e. The number of aliphatic hydroxyl groups excluding tert-OH is 1. The van der Waals surface area contributed by atoms with Gasteiger partial charge in [-0.05, 0) is 56.0 Å². The van der Waals surface area contributed by atoms with Crippen molar-refractivity contribution in [3.05, 3.63) is 53.9 Å². The van der Waals surface area contributed by atoms with Gasteiger partial charge in [0.2, 0.25) is 0 Å². The molecule has 3 rings (SSSR count). The zero-order valence-electron chi connectivity index (χ0n) is 14.6. The van der Waals surface area contributed by atoms with Crippen LogP contribution in [0.1, 0.15) is 36.9 Å². The lowest BCUT2D eigenvalue weighted by Gasteiger charge is -2.26. The highest BCUT2D eigenvalue weighted by molar-refractivity contribution is 5.40. The number of hydrogen-bond donors (Lipinski definition) is 2. The smallest absolute Gasteiger partial charge is 0.130 e. The first-order valence-electron chi connectivity index (χ1n) is 8.85. The molecule has 0 spiro atoms. The molecule has 5 nitrogen and oxygen atoms in total. The van der Waals surface area contributed by atoms with Gasteiger partial charge in [0, 0.05) is 24.3 Å². The summed E-state index contributed by atoms with van der Waals surface area (Å²) in [5.74, 6) is 1.66. The maximum Gasteiger partial charge on any atom is 0.130 e. The Kier molecular flexibility index (Phi) is 6.25. The van der Waals surface area contributed by atoms with Crippen LogP contribution in [-0.2, 0) is 13.2 Å². The van der Waals surface area contributed by atoms with Crippen LogP contribution in [0.3, 0.4) is 0 Å². The standard InChI is InChI=1S/C20H26N2O3/c1-24-19-9-10-20(25-14-17-4-2-3-11-21-17)15(12-19)13-22-16-5-7-18(23)8-6-16/h2-4,9-12,16,18,22-23H,5-8,13-14H2,1H3. The van der Waals surface area contributed by atoms with E-state index >= 15 is 0 Å². The van der Waals surface area contributed by atoms with Crippen LogP contribution in [0.5, 0.6) is 11.5 Å². The van der Waals surface area contributed by atoms with Crippen molar-refractivity contribution in [3.8, 4) is 11.5 Å². The first-order valence-corrected chi connectivity index (χ1v) is 8.85. The molecule has 2 aromatic rings. The number of pyridine rings is 1. The molecule has 1 saturated carbocycles. The van der Waals surface area contributed by atoms with Gasteiger partial charge in [-0.15, -0.1) is 0 Å². The fourth-order valence-electron chi connectivity index (χ4n) is 3.13. The molecule has 0 amide bonds. The van der Waals surface area contributed by atoms with Crippen LogP contribution in [0, 0.1) is 0 Å². The number of hydrogen-bond acceptors (Lipinski definition) is 5. The van der Waals surface area contributed by atoms with E-state index < -0.39 is 0 Å². The van der Waals surface area contributed by atoms with E-state index in [1.807, 2.05) is 36.4 Å². The molecule has 0 unspecified atom stereocenters. The lowest BCUT2D eigenvalue weighted by Crippen LogP contribution is -2.34. The summed E-state index contributed by atoms with van der Waals surface area (Å²) in [5, 5.41) is 13.2. The van der Waals surface area contributed by atoms with Crippen molar-refractivity contribution >= 4 is 0 Å². The molecular formula is C20H26N2O3. The van der Waals surface area contributed by atoms with Crippen molar-refractivity contribution in [2.24, 2.45) is 0 Å². The SMILES string of the molecule is COc1ccc(OCc2ccccn2)c(CNC2CCC(O)CC2)c1. The van der Waals surface area contributed by atoms with Gasteiger partial charge in [0.1, 0.15) is 18.1 Å². The van der Waals surface area contributed by atoms with E-state index in [2.05, 4.69) is 10.3 Å². The predicted molar refractivity (Wildman–Crippen MR) is 96.7 cm³/mol. The number of aromatic nitrogens is 1. The van der Waals surface area contributed by atoms with Gasteiger partial charge in [-0.2, -0.15) is 0 Å². The van der Waals surface area contributed by atoms with Gasteiger partial charge >= 0.3 is 0 Å². The molecule has 1 heterocycles. The number of rotatable bonds is 7. The van der Waals surface area contributed by atoms with Gasteiger partial charge < -0.3 is 19.9 Å². The van der Waals surface area contributed by atoms with E-state index in [9.17, 15) is 5.11 Å². The van der Waals surface area contributed by atoms with E-state index in [0.717, 1.165) is 55.0 Å². The molecule has 134 valence electrons. The number of methoxy groups -OCH3 is 1. The molecule has 0 bridgehead atoms. The number of nitrogens with one attached hydrogen (secondary N) is 1. The monoisotopic (exact) mass is 342 g/mol. The first kappa shape index (κ1) is 17.7. The summed E-state index contributed by atoms with van der Waals surface area (Å²) in [6.07, 6.45) is 5.40. The quantitative estimate of drug-likeness (QED) is 0.810. The van der Waals surface area contributed by atoms with E-state index in [1.54, 1.807) is 13.3 Å². The fraction of sp³-hybridized carbons (Fsp3) is 0.450. The molecule has 0 radical (unpaired) electrons. The number of nitrogens with zero attached hydrogens (tertiary/aromatic N) is 1. The van der Waals surface area contributed by atoms with Crippen LogP contribution in [0.2, 0.25) is 0 Å². The van der Waals surface area contributed by atoms with Gasteiger partial charge in [-0.3, -0.25) is 4.98 Å². The molecular weight excluding hydrogens is 316 g/mol. The van der Waals surface area contributed by atoms with Crippen LogP contribution in [-0.4, -0.2) is 29.3 Å². The Morgan fingerprint density at radius 1 is 1.16 bits per heavy atom. The minimum absolute atomic E-state index is 0.132. The third-order valence-electron chi connectivity index (χ3n) is 4.65. The number of aliphatic hydroxyl groups is 1. The Hall–Kier alpha value is -2.11. The minimum Gasteiger partial charge on any atom is -0.497 e. The van der Waals surface area contributed by atoms with E-state index in [0.29, 0.717) is 12.6 Å². The molecule has 0 aliphatic heterocycles. The van der Waals surface area contributed by atoms with Crippen LogP contribution in [0.4, 0.5) is 0 Å². The highest BCUT2D eigenvalue weighted by Gasteiger charge is 2.19. The molecule has 1 fully saturated rings. The molecule has 1 aliphatic rings. The summed E-state index contributed by atoms with van der Waals surface area (Å²) in [4.78, 5) is 4.29. The molecule has 0 saturated heterocycles. The third-order valence-corrected chi connectivity index (χ3v) is 4.65. The van der Waals surface area contributed by atoms with Gasteiger partial charge in [-0.1, -0.05) is 6.07 Å². The average Bonchev–Trinajstić information content (AvgIpc) is 2.67. The number of ether oxygens (including phenoxy) is 2.